The van der Waals surface area contributed by atoms with E-state index in [0.717, 1.165) is 52.0 Å². The van der Waals surface area contributed by atoms with Crippen LogP contribution in [-0.4, -0.2) is 54.5 Å². The van der Waals surface area contributed by atoms with Gasteiger partial charge in [-0.2, -0.15) is 0 Å². The zero-order valence-electron chi connectivity index (χ0n) is 14.1. The minimum absolute atomic E-state index is 0. The van der Waals surface area contributed by atoms with E-state index >= 15 is 0 Å². The fourth-order valence-electron chi connectivity index (χ4n) is 2.98. The Kier molecular flexibility index (Phi) is 9.22. The first kappa shape index (κ1) is 19.9. The van der Waals surface area contributed by atoms with E-state index in [9.17, 15) is 4.79 Å². The molecule has 0 bridgehead atoms. The summed E-state index contributed by atoms with van der Waals surface area (Å²) in [5, 5.41) is 0. The lowest BCUT2D eigenvalue weighted by molar-refractivity contribution is -0.132. The normalized spacial score (nSPS) is 17.2. The van der Waals surface area contributed by atoms with Crippen LogP contribution in [0, 0.1) is 0 Å². The Morgan fingerprint density at radius 1 is 1.17 bits per heavy atom. The summed E-state index contributed by atoms with van der Waals surface area (Å²) in [4.78, 5) is 16.6. The van der Waals surface area contributed by atoms with Gasteiger partial charge < -0.3 is 15.5 Å². The molecule has 130 valence electrons. The summed E-state index contributed by atoms with van der Waals surface area (Å²) in [6.45, 7) is 6.80. The van der Waals surface area contributed by atoms with Crippen molar-refractivity contribution >= 4 is 18.3 Å². The Morgan fingerprint density at radius 2 is 1.91 bits per heavy atom. The van der Waals surface area contributed by atoms with Gasteiger partial charge in [0.2, 0.25) is 5.91 Å². The summed E-state index contributed by atoms with van der Waals surface area (Å²) in [7, 11) is 0. The molecular weight excluding hydrogens is 310 g/mol. The van der Waals surface area contributed by atoms with Crippen molar-refractivity contribution in [2.45, 2.75) is 38.6 Å². The van der Waals surface area contributed by atoms with Crippen molar-refractivity contribution in [3.05, 3.63) is 35.9 Å². The molecule has 2 rings (SSSR count). The zero-order valence-corrected chi connectivity index (χ0v) is 14.9. The summed E-state index contributed by atoms with van der Waals surface area (Å²) >= 11 is 0. The molecule has 1 aliphatic heterocycles. The van der Waals surface area contributed by atoms with Gasteiger partial charge >= 0.3 is 0 Å². The third kappa shape index (κ3) is 6.50. The lowest BCUT2D eigenvalue weighted by atomic mass is 10.1. The summed E-state index contributed by atoms with van der Waals surface area (Å²) in [6.07, 6.45) is 4.07. The minimum Gasteiger partial charge on any atom is -0.340 e. The molecule has 1 fully saturated rings. The quantitative estimate of drug-likeness (QED) is 0.865. The van der Waals surface area contributed by atoms with Crippen LogP contribution in [0.4, 0.5) is 0 Å². The molecule has 2 N–H and O–H groups in total. The number of rotatable bonds is 6. The lowest BCUT2D eigenvalue weighted by Crippen LogP contribution is -2.45. The molecule has 23 heavy (non-hydrogen) atoms. The fourth-order valence-corrected chi connectivity index (χ4v) is 2.98. The number of amides is 1. The van der Waals surface area contributed by atoms with Crippen LogP contribution in [0.5, 0.6) is 0 Å². The predicted octanol–water partition coefficient (Wildman–Crippen LogP) is 2.31. The molecular formula is C18H30ClN3O. The molecule has 0 aliphatic carbocycles. The van der Waals surface area contributed by atoms with Gasteiger partial charge in [-0.1, -0.05) is 37.3 Å². The molecule has 1 aromatic carbocycles. The number of benzene rings is 1. The Bertz CT molecular complexity index is 455. The predicted molar refractivity (Wildman–Crippen MR) is 97.9 cm³/mol. The molecule has 1 amide bonds. The number of carbonyl (C=O) groups excluding carboxylic acids is 1. The highest BCUT2D eigenvalue weighted by atomic mass is 35.5. The average molecular weight is 340 g/mol. The van der Waals surface area contributed by atoms with Gasteiger partial charge in [0, 0.05) is 19.6 Å². The fraction of sp³-hybridized carbons (Fsp3) is 0.611. The smallest absolute Gasteiger partial charge is 0.239 e. The Balaban J connectivity index is 0.00000264. The summed E-state index contributed by atoms with van der Waals surface area (Å²) in [5.74, 6) is 0.119. The van der Waals surface area contributed by atoms with Gasteiger partial charge in [0.05, 0.1) is 6.04 Å². The molecule has 0 radical (unpaired) electrons. The van der Waals surface area contributed by atoms with Gasteiger partial charge in [0.15, 0.2) is 0 Å². The first-order valence-electron chi connectivity index (χ1n) is 8.51. The van der Waals surface area contributed by atoms with Gasteiger partial charge in [-0.05, 0) is 44.3 Å². The number of nitrogens with zero attached hydrogens (tertiary/aromatic N) is 2. The third-order valence-electron chi connectivity index (χ3n) is 4.44. The number of nitrogens with two attached hydrogens (primary N) is 1. The second-order valence-corrected chi connectivity index (χ2v) is 6.12. The van der Waals surface area contributed by atoms with Gasteiger partial charge in [0.1, 0.15) is 0 Å². The highest BCUT2D eigenvalue weighted by Crippen LogP contribution is 2.08. The standard InChI is InChI=1S/C18H29N3O.ClH/c1-2-17(19)18(22)21-13-7-12-20(14-15-21)11-6-10-16-8-4-3-5-9-16;/h3-5,8-9,17H,2,6-7,10-15,19H2,1H3;1H. The van der Waals surface area contributed by atoms with Crippen LogP contribution >= 0.6 is 12.4 Å². The largest absolute Gasteiger partial charge is 0.340 e. The molecule has 1 heterocycles. The highest BCUT2D eigenvalue weighted by Gasteiger charge is 2.22. The third-order valence-corrected chi connectivity index (χ3v) is 4.44. The zero-order chi connectivity index (χ0) is 15.8. The van der Waals surface area contributed by atoms with Crippen LogP contribution in [-0.2, 0) is 11.2 Å². The van der Waals surface area contributed by atoms with E-state index in [-0.39, 0.29) is 24.4 Å². The van der Waals surface area contributed by atoms with E-state index in [4.69, 9.17) is 5.73 Å². The van der Waals surface area contributed by atoms with E-state index in [1.54, 1.807) is 0 Å². The first-order valence-corrected chi connectivity index (χ1v) is 8.51. The van der Waals surface area contributed by atoms with Crippen molar-refractivity contribution in [3.8, 4) is 0 Å². The number of aryl methyl sites for hydroxylation is 1. The van der Waals surface area contributed by atoms with E-state index in [1.165, 1.54) is 12.0 Å². The number of hydrogen-bond donors (Lipinski definition) is 1. The molecule has 4 nitrogen and oxygen atoms in total. The molecule has 0 aromatic heterocycles. The summed E-state index contributed by atoms with van der Waals surface area (Å²) in [6, 6.07) is 10.3. The van der Waals surface area contributed by atoms with Gasteiger partial charge in [0.25, 0.3) is 0 Å². The topological polar surface area (TPSA) is 49.6 Å². The summed E-state index contributed by atoms with van der Waals surface area (Å²) in [5.41, 5.74) is 7.28. The van der Waals surface area contributed by atoms with Gasteiger partial charge in [-0.3, -0.25) is 4.79 Å². The van der Waals surface area contributed by atoms with Crippen LogP contribution in [0.15, 0.2) is 30.3 Å². The summed E-state index contributed by atoms with van der Waals surface area (Å²) < 4.78 is 0. The lowest BCUT2D eigenvalue weighted by Gasteiger charge is -2.24. The maximum atomic E-state index is 12.2. The van der Waals surface area contributed by atoms with E-state index in [1.807, 2.05) is 11.8 Å². The molecule has 1 saturated heterocycles. The molecule has 1 aromatic rings. The van der Waals surface area contributed by atoms with Crippen LogP contribution < -0.4 is 5.73 Å². The minimum atomic E-state index is -0.329. The molecule has 1 atom stereocenters. The second kappa shape index (κ2) is 10.6. The highest BCUT2D eigenvalue weighted by molar-refractivity contribution is 5.85. The molecule has 0 saturated carbocycles. The van der Waals surface area contributed by atoms with Crippen LogP contribution in [0.1, 0.15) is 31.7 Å². The number of carbonyl (C=O) groups is 1. The van der Waals surface area contributed by atoms with Crippen molar-refractivity contribution < 1.29 is 4.79 Å². The van der Waals surface area contributed by atoms with E-state index in [2.05, 4.69) is 35.2 Å². The van der Waals surface area contributed by atoms with Crippen LogP contribution in [0.2, 0.25) is 0 Å². The average Bonchev–Trinajstić information content (AvgIpc) is 2.80. The molecule has 1 aliphatic rings. The molecule has 5 heteroatoms. The first-order chi connectivity index (χ1) is 10.7. The number of halogens is 1. The van der Waals surface area contributed by atoms with Crippen LogP contribution in [0.25, 0.3) is 0 Å². The Hall–Kier alpha value is -1.10. The molecule has 1 unspecified atom stereocenters. The van der Waals surface area contributed by atoms with Gasteiger partial charge in [-0.15, -0.1) is 12.4 Å². The van der Waals surface area contributed by atoms with Crippen LogP contribution in [0.3, 0.4) is 0 Å². The van der Waals surface area contributed by atoms with Crippen molar-refractivity contribution in [2.75, 3.05) is 32.7 Å². The van der Waals surface area contributed by atoms with E-state index in [0.29, 0.717) is 0 Å². The molecule has 0 spiro atoms. The van der Waals surface area contributed by atoms with Crippen molar-refractivity contribution in [1.29, 1.82) is 0 Å². The monoisotopic (exact) mass is 339 g/mol. The SMILES string of the molecule is CCC(N)C(=O)N1CCCN(CCCc2ccccc2)CC1.Cl. The van der Waals surface area contributed by atoms with E-state index < -0.39 is 0 Å². The Morgan fingerprint density at radius 3 is 2.61 bits per heavy atom. The second-order valence-electron chi connectivity index (χ2n) is 6.12. The maximum Gasteiger partial charge on any atom is 0.239 e. The van der Waals surface area contributed by atoms with Gasteiger partial charge in [-0.25, -0.2) is 0 Å². The van der Waals surface area contributed by atoms with Crippen molar-refractivity contribution in [1.82, 2.24) is 9.80 Å². The van der Waals surface area contributed by atoms with Crippen molar-refractivity contribution in [2.24, 2.45) is 5.73 Å². The van der Waals surface area contributed by atoms with Crippen molar-refractivity contribution in [3.63, 3.8) is 0 Å². The Labute approximate surface area is 146 Å². The number of hydrogen-bond acceptors (Lipinski definition) is 3. The maximum absolute atomic E-state index is 12.2.